The smallest absolute Gasteiger partial charge is 0.335 e. The van der Waals surface area contributed by atoms with Crippen LogP contribution in [0.25, 0.3) is 0 Å². The van der Waals surface area contributed by atoms with E-state index in [0.29, 0.717) is 10.9 Å². The van der Waals surface area contributed by atoms with Gasteiger partial charge in [0.25, 0.3) is 0 Å². The van der Waals surface area contributed by atoms with Gasteiger partial charge in [0.1, 0.15) is 0 Å². The van der Waals surface area contributed by atoms with Gasteiger partial charge in [0.2, 0.25) is 0 Å². The van der Waals surface area contributed by atoms with Crippen molar-refractivity contribution in [3.05, 3.63) is 28.2 Å². The van der Waals surface area contributed by atoms with E-state index in [9.17, 15) is 13.2 Å². The zero-order valence-corrected chi connectivity index (χ0v) is 14.3. The van der Waals surface area contributed by atoms with Crippen molar-refractivity contribution >= 4 is 31.7 Å². The molecule has 21 heavy (non-hydrogen) atoms. The lowest BCUT2D eigenvalue weighted by atomic mass is 9.87. The van der Waals surface area contributed by atoms with Gasteiger partial charge >= 0.3 is 5.97 Å². The van der Waals surface area contributed by atoms with Crippen LogP contribution in [0.2, 0.25) is 0 Å². The highest BCUT2D eigenvalue weighted by Crippen LogP contribution is 2.37. The van der Waals surface area contributed by atoms with E-state index in [1.165, 1.54) is 18.2 Å². The van der Waals surface area contributed by atoms with Crippen molar-refractivity contribution < 1.29 is 18.3 Å². The fraction of sp³-hybridized carbons (Fsp3) is 0.533. The molecular formula is C15H19BrO4S. The van der Waals surface area contributed by atoms with Crippen LogP contribution in [0.15, 0.2) is 27.6 Å². The van der Waals surface area contributed by atoms with E-state index < -0.39 is 21.1 Å². The molecule has 0 spiro atoms. The Morgan fingerprint density at radius 2 is 2.00 bits per heavy atom. The van der Waals surface area contributed by atoms with Gasteiger partial charge in [0, 0.05) is 4.47 Å². The predicted octanol–water partition coefficient (Wildman–Crippen LogP) is 3.89. The molecule has 0 heterocycles. The molecule has 116 valence electrons. The molecule has 0 aromatic heterocycles. The molecule has 1 N–H and O–H groups in total. The van der Waals surface area contributed by atoms with Gasteiger partial charge in [-0.15, -0.1) is 0 Å². The second-order valence-corrected chi connectivity index (χ2v) is 8.48. The van der Waals surface area contributed by atoms with Crippen LogP contribution in [0.3, 0.4) is 0 Å². The number of carboxylic acid groups (broad SMARTS) is 1. The predicted molar refractivity (Wildman–Crippen MR) is 84.3 cm³/mol. The van der Waals surface area contributed by atoms with E-state index in [1.807, 2.05) is 6.92 Å². The minimum atomic E-state index is -3.52. The number of hydrogen-bond acceptors (Lipinski definition) is 3. The van der Waals surface area contributed by atoms with E-state index in [2.05, 4.69) is 15.9 Å². The van der Waals surface area contributed by atoms with Gasteiger partial charge in [-0.2, -0.15) is 0 Å². The Balaban J connectivity index is 2.47. The molecule has 2 atom stereocenters. The monoisotopic (exact) mass is 374 g/mol. The number of hydrogen-bond donors (Lipinski definition) is 1. The van der Waals surface area contributed by atoms with Gasteiger partial charge in [0.05, 0.1) is 15.7 Å². The first-order valence-corrected chi connectivity index (χ1v) is 9.48. The summed E-state index contributed by atoms with van der Waals surface area (Å²) >= 11 is 3.25. The summed E-state index contributed by atoms with van der Waals surface area (Å²) in [5.74, 6) is -0.959. The van der Waals surface area contributed by atoms with Crippen molar-refractivity contribution in [1.82, 2.24) is 0 Å². The first-order valence-electron chi connectivity index (χ1n) is 7.14. The third kappa shape index (κ3) is 3.31. The summed E-state index contributed by atoms with van der Waals surface area (Å²) in [6.07, 6.45) is 4.40. The molecule has 0 amide bonds. The van der Waals surface area contributed by atoms with Crippen LogP contribution in [0.5, 0.6) is 0 Å². The fourth-order valence-corrected chi connectivity index (χ4v) is 6.26. The second kappa shape index (κ2) is 6.48. The number of sulfone groups is 1. The number of benzene rings is 1. The van der Waals surface area contributed by atoms with Crippen LogP contribution in [0.1, 0.15) is 49.4 Å². The quantitative estimate of drug-likeness (QED) is 0.867. The third-order valence-electron chi connectivity index (χ3n) is 4.25. The second-order valence-electron chi connectivity index (χ2n) is 5.49. The van der Waals surface area contributed by atoms with Crippen molar-refractivity contribution in [3.63, 3.8) is 0 Å². The summed E-state index contributed by atoms with van der Waals surface area (Å²) in [5, 5.41) is 8.66. The largest absolute Gasteiger partial charge is 0.478 e. The van der Waals surface area contributed by atoms with Crippen LogP contribution in [0, 0.1) is 5.92 Å². The van der Waals surface area contributed by atoms with E-state index in [-0.39, 0.29) is 16.4 Å². The molecule has 1 fully saturated rings. The molecule has 0 radical (unpaired) electrons. The number of carboxylic acids is 1. The molecular weight excluding hydrogens is 356 g/mol. The Morgan fingerprint density at radius 1 is 1.33 bits per heavy atom. The summed E-state index contributed by atoms with van der Waals surface area (Å²) in [6.45, 7) is 2.02. The molecule has 1 aromatic rings. The first kappa shape index (κ1) is 16.5. The molecule has 1 aromatic carbocycles. The third-order valence-corrected chi connectivity index (χ3v) is 7.57. The normalized spacial score (nSPS) is 23.0. The van der Waals surface area contributed by atoms with Crippen LogP contribution < -0.4 is 0 Å². The van der Waals surface area contributed by atoms with Gasteiger partial charge in [-0.3, -0.25) is 0 Å². The zero-order valence-electron chi connectivity index (χ0n) is 11.9. The van der Waals surface area contributed by atoms with Gasteiger partial charge in [-0.1, -0.05) is 26.2 Å². The summed E-state index contributed by atoms with van der Waals surface area (Å²) in [6, 6.07) is 4.17. The number of aromatic carboxylic acids is 1. The van der Waals surface area contributed by atoms with Crippen molar-refractivity contribution in [1.29, 1.82) is 0 Å². The van der Waals surface area contributed by atoms with Crippen molar-refractivity contribution in [2.24, 2.45) is 5.92 Å². The summed E-state index contributed by atoms with van der Waals surface area (Å²) < 4.78 is 26.3. The highest BCUT2D eigenvalue weighted by molar-refractivity contribution is 9.10. The van der Waals surface area contributed by atoms with Crippen LogP contribution in [-0.4, -0.2) is 24.7 Å². The zero-order chi connectivity index (χ0) is 15.6. The Kier molecular flexibility index (Phi) is 5.09. The molecule has 0 saturated heterocycles. The molecule has 1 aliphatic rings. The maximum Gasteiger partial charge on any atom is 0.335 e. The molecule has 6 heteroatoms. The Hall–Kier alpha value is -0.880. The van der Waals surface area contributed by atoms with Crippen molar-refractivity contribution in [2.75, 3.05) is 0 Å². The maximum absolute atomic E-state index is 12.9. The van der Waals surface area contributed by atoms with Crippen LogP contribution in [-0.2, 0) is 9.84 Å². The number of carbonyl (C=O) groups is 1. The van der Waals surface area contributed by atoms with Crippen LogP contribution in [0.4, 0.5) is 0 Å². The molecule has 2 rings (SSSR count). The molecule has 4 nitrogen and oxygen atoms in total. The van der Waals surface area contributed by atoms with Gasteiger partial charge in [0.15, 0.2) is 9.84 Å². The number of rotatable bonds is 4. The molecule has 0 bridgehead atoms. The summed E-state index contributed by atoms with van der Waals surface area (Å²) in [4.78, 5) is 11.2. The average Bonchev–Trinajstić information content (AvgIpc) is 2.47. The van der Waals surface area contributed by atoms with Gasteiger partial charge in [-0.25, -0.2) is 13.2 Å². The maximum atomic E-state index is 12.9. The minimum Gasteiger partial charge on any atom is -0.478 e. The summed E-state index contributed by atoms with van der Waals surface area (Å²) in [7, 11) is -3.52. The van der Waals surface area contributed by atoms with E-state index in [1.54, 1.807) is 0 Å². The topological polar surface area (TPSA) is 71.4 Å². The Labute approximate surface area is 133 Å². The fourth-order valence-electron chi connectivity index (χ4n) is 3.07. The van der Waals surface area contributed by atoms with E-state index in [0.717, 1.165) is 25.7 Å². The van der Waals surface area contributed by atoms with Gasteiger partial charge < -0.3 is 5.11 Å². The van der Waals surface area contributed by atoms with Crippen LogP contribution >= 0.6 is 15.9 Å². The lowest BCUT2D eigenvalue weighted by molar-refractivity contribution is 0.0696. The Bertz CT molecular complexity index is 639. The first-order chi connectivity index (χ1) is 9.87. The standard InChI is InChI=1S/C15H19BrO4S/c1-2-10-5-3-4-6-13(10)21(19,20)14-9-11(15(17)18)7-8-12(14)16/h7-10,13H,2-6H2,1H3,(H,17,18). The highest BCUT2D eigenvalue weighted by atomic mass is 79.9. The minimum absolute atomic E-state index is 0.000586. The van der Waals surface area contributed by atoms with Crippen molar-refractivity contribution in [3.8, 4) is 0 Å². The molecule has 1 aliphatic carbocycles. The van der Waals surface area contributed by atoms with Crippen molar-refractivity contribution in [2.45, 2.75) is 49.2 Å². The SMILES string of the molecule is CCC1CCCCC1S(=O)(=O)c1cc(C(=O)O)ccc1Br. The lowest BCUT2D eigenvalue weighted by Gasteiger charge is -2.30. The molecule has 1 saturated carbocycles. The number of halogens is 1. The highest BCUT2D eigenvalue weighted by Gasteiger charge is 2.36. The van der Waals surface area contributed by atoms with E-state index >= 15 is 0 Å². The molecule has 2 unspecified atom stereocenters. The van der Waals surface area contributed by atoms with E-state index in [4.69, 9.17) is 5.11 Å². The lowest BCUT2D eigenvalue weighted by Crippen LogP contribution is -2.33. The summed E-state index contributed by atoms with van der Waals surface area (Å²) in [5.41, 5.74) is 0.000586. The Morgan fingerprint density at radius 3 is 2.62 bits per heavy atom. The van der Waals surface area contributed by atoms with Gasteiger partial charge in [-0.05, 0) is 52.9 Å². The average molecular weight is 375 g/mol. The molecule has 0 aliphatic heterocycles.